The Labute approximate surface area is 266 Å². The first-order valence-electron chi connectivity index (χ1n) is 14.9. The topological polar surface area (TPSA) is 102 Å². The summed E-state index contributed by atoms with van der Waals surface area (Å²) >= 11 is 1.58. The number of hydrogen-bond acceptors (Lipinski definition) is 10. The predicted octanol–water partition coefficient (Wildman–Crippen LogP) is 7.34. The van der Waals surface area contributed by atoms with E-state index in [1.165, 1.54) is 0 Å². The van der Waals surface area contributed by atoms with Crippen LogP contribution >= 0.6 is 11.3 Å². The van der Waals surface area contributed by atoms with Crippen molar-refractivity contribution in [3.8, 4) is 22.1 Å². The molecule has 10 nitrogen and oxygen atoms in total. The number of fused-ring (bicyclic) bond motifs is 1. The second kappa shape index (κ2) is 13.2. The first kappa shape index (κ1) is 30.4. The molecular weight excluding hydrogens is 590 g/mol. The number of piperazine rings is 1. The minimum atomic E-state index is -0.493. The largest absolute Gasteiger partial charge is 0.497 e. The average Bonchev–Trinajstić information content (AvgIpc) is 3.68. The number of hydrogen-bond donors (Lipinski definition) is 1. The first-order valence-corrected chi connectivity index (χ1v) is 15.7. The van der Waals surface area contributed by atoms with E-state index in [1.807, 2.05) is 87.5 Å². The van der Waals surface area contributed by atoms with Gasteiger partial charge >= 0.3 is 6.09 Å². The van der Waals surface area contributed by atoms with Gasteiger partial charge < -0.3 is 28.8 Å². The molecule has 3 aromatic heterocycles. The molecule has 2 aromatic carbocycles. The van der Waals surface area contributed by atoms with Crippen LogP contribution in [0.2, 0.25) is 0 Å². The highest BCUT2D eigenvalue weighted by Gasteiger charge is 2.26. The standard InChI is InChI=1S/C34H37N5O5S/c1-34(2,3)44-33(40)39-16-14-38(15-17-39)20-27-12-13-29(43-27)30-19-28-31(45-30)32(36-22-35-28)37-24-6-5-7-26(18-24)42-21-23-8-10-25(41-4)11-9-23/h5-13,18-19,22H,14-17,20-21H2,1-4H3,(H,35,36,37). The number of rotatable bonds is 9. The molecule has 0 saturated carbocycles. The third-order valence-electron chi connectivity index (χ3n) is 7.28. The zero-order chi connectivity index (χ0) is 31.4. The van der Waals surface area contributed by atoms with Crippen molar-refractivity contribution in [3.63, 3.8) is 0 Å². The maximum Gasteiger partial charge on any atom is 0.410 e. The lowest BCUT2D eigenvalue weighted by Crippen LogP contribution is -2.49. The van der Waals surface area contributed by atoms with Crippen LogP contribution in [0.15, 0.2) is 77.5 Å². The van der Waals surface area contributed by atoms with Crippen LogP contribution in [-0.4, -0.2) is 64.8 Å². The highest BCUT2D eigenvalue weighted by molar-refractivity contribution is 7.22. The fourth-order valence-electron chi connectivity index (χ4n) is 4.98. The molecule has 5 aromatic rings. The van der Waals surface area contributed by atoms with Crippen molar-refractivity contribution in [1.29, 1.82) is 0 Å². The Morgan fingerprint density at radius 2 is 1.78 bits per heavy atom. The Balaban J connectivity index is 1.08. The van der Waals surface area contributed by atoms with Gasteiger partial charge in [0.15, 0.2) is 5.82 Å². The van der Waals surface area contributed by atoms with E-state index in [-0.39, 0.29) is 6.09 Å². The van der Waals surface area contributed by atoms with Crippen molar-refractivity contribution in [2.75, 3.05) is 38.6 Å². The zero-order valence-corrected chi connectivity index (χ0v) is 26.7. The van der Waals surface area contributed by atoms with Gasteiger partial charge in [-0.05, 0) is 68.8 Å². The molecule has 0 spiro atoms. The predicted molar refractivity (Wildman–Crippen MR) is 175 cm³/mol. The fourth-order valence-corrected chi connectivity index (χ4v) is 6.00. The van der Waals surface area contributed by atoms with Gasteiger partial charge in [-0.2, -0.15) is 0 Å². The lowest BCUT2D eigenvalue weighted by Gasteiger charge is -2.35. The normalized spacial score (nSPS) is 14.0. The third kappa shape index (κ3) is 7.73. The second-order valence-corrected chi connectivity index (χ2v) is 12.9. The summed E-state index contributed by atoms with van der Waals surface area (Å²) in [7, 11) is 1.65. The lowest BCUT2D eigenvalue weighted by molar-refractivity contribution is 0.0134. The van der Waals surface area contributed by atoms with Crippen LogP contribution in [0.1, 0.15) is 32.1 Å². The Kier molecular flexibility index (Phi) is 8.90. The van der Waals surface area contributed by atoms with Gasteiger partial charge in [0, 0.05) is 37.9 Å². The number of carbonyl (C=O) groups is 1. The summed E-state index contributed by atoms with van der Waals surface area (Å²) in [5.41, 5.74) is 2.27. The summed E-state index contributed by atoms with van der Waals surface area (Å²) in [6, 6.07) is 21.7. The zero-order valence-electron chi connectivity index (χ0n) is 25.9. The molecule has 6 rings (SSSR count). The Hall–Kier alpha value is -4.61. The van der Waals surface area contributed by atoms with E-state index >= 15 is 0 Å². The molecule has 1 amide bonds. The Morgan fingerprint density at radius 1 is 0.978 bits per heavy atom. The average molecular weight is 628 g/mol. The third-order valence-corrected chi connectivity index (χ3v) is 8.43. The molecule has 0 bridgehead atoms. The van der Waals surface area contributed by atoms with E-state index in [0.29, 0.717) is 26.2 Å². The highest BCUT2D eigenvalue weighted by atomic mass is 32.1. The number of ether oxygens (including phenoxy) is 3. The molecule has 1 aliphatic rings. The Morgan fingerprint density at radius 3 is 2.53 bits per heavy atom. The van der Waals surface area contributed by atoms with Crippen LogP contribution in [-0.2, 0) is 17.9 Å². The molecule has 45 heavy (non-hydrogen) atoms. The van der Waals surface area contributed by atoms with Crippen LogP contribution in [0, 0.1) is 0 Å². The molecular formula is C34H37N5O5S. The molecule has 234 valence electrons. The van der Waals surface area contributed by atoms with Crippen molar-refractivity contribution >= 4 is 39.2 Å². The van der Waals surface area contributed by atoms with Gasteiger partial charge in [0.05, 0.1) is 28.7 Å². The van der Waals surface area contributed by atoms with Crippen LogP contribution in [0.5, 0.6) is 11.5 Å². The van der Waals surface area contributed by atoms with E-state index < -0.39 is 5.60 Å². The number of nitrogens with zero attached hydrogens (tertiary/aromatic N) is 4. The van der Waals surface area contributed by atoms with E-state index in [9.17, 15) is 4.79 Å². The van der Waals surface area contributed by atoms with Crippen molar-refractivity contribution in [2.45, 2.75) is 39.5 Å². The van der Waals surface area contributed by atoms with Crippen molar-refractivity contribution in [1.82, 2.24) is 19.8 Å². The van der Waals surface area contributed by atoms with Crippen molar-refractivity contribution < 1.29 is 23.4 Å². The van der Waals surface area contributed by atoms with Crippen LogP contribution in [0.25, 0.3) is 20.9 Å². The van der Waals surface area contributed by atoms with Gasteiger partial charge in [-0.3, -0.25) is 4.90 Å². The van der Waals surface area contributed by atoms with Crippen LogP contribution in [0.3, 0.4) is 0 Å². The summed E-state index contributed by atoms with van der Waals surface area (Å²) in [5.74, 6) is 3.96. The monoisotopic (exact) mass is 627 g/mol. The quantitative estimate of drug-likeness (QED) is 0.180. The fraction of sp³-hybridized carbons (Fsp3) is 0.324. The summed E-state index contributed by atoms with van der Waals surface area (Å²) in [5, 5.41) is 3.44. The molecule has 0 atom stereocenters. The SMILES string of the molecule is COc1ccc(COc2cccc(Nc3ncnc4cc(-c5ccc(CN6CCN(C(=O)OC(C)(C)C)CC6)o5)sc34)c2)cc1. The number of benzene rings is 2. The number of furan rings is 1. The minimum absolute atomic E-state index is 0.255. The molecule has 4 heterocycles. The summed E-state index contributed by atoms with van der Waals surface area (Å²) < 4.78 is 24.0. The van der Waals surface area contributed by atoms with E-state index in [1.54, 1.807) is 29.7 Å². The molecule has 0 unspecified atom stereocenters. The number of amides is 1. The van der Waals surface area contributed by atoms with Crippen LogP contribution in [0.4, 0.5) is 16.3 Å². The maximum absolute atomic E-state index is 12.4. The second-order valence-electron chi connectivity index (χ2n) is 11.8. The minimum Gasteiger partial charge on any atom is -0.497 e. The van der Waals surface area contributed by atoms with E-state index in [2.05, 4.69) is 20.2 Å². The maximum atomic E-state index is 12.4. The van der Waals surface area contributed by atoms with E-state index in [0.717, 1.165) is 68.3 Å². The number of carbonyl (C=O) groups excluding carboxylic acids is 1. The van der Waals surface area contributed by atoms with E-state index in [4.69, 9.17) is 18.6 Å². The molecule has 1 N–H and O–H groups in total. The Bertz CT molecular complexity index is 1750. The number of thiophene rings is 1. The van der Waals surface area contributed by atoms with Gasteiger partial charge in [-0.1, -0.05) is 18.2 Å². The van der Waals surface area contributed by atoms with Gasteiger partial charge in [0.1, 0.15) is 41.6 Å². The molecule has 0 radical (unpaired) electrons. The van der Waals surface area contributed by atoms with Gasteiger partial charge in [-0.25, -0.2) is 14.8 Å². The molecule has 1 fully saturated rings. The number of aromatic nitrogens is 2. The lowest BCUT2D eigenvalue weighted by atomic mass is 10.2. The van der Waals surface area contributed by atoms with Crippen molar-refractivity contribution in [2.24, 2.45) is 0 Å². The molecule has 0 aliphatic carbocycles. The smallest absolute Gasteiger partial charge is 0.410 e. The van der Waals surface area contributed by atoms with Gasteiger partial charge in [-0.15, -0.1) is 11.3 Å². The number of nitrogens with one attached hydrogen (secondary N) is 1. The number of methoxy groups -OCH3 is 1. The number of anilines is 2. The summed E-state index contributed by atoms with van der Waals surface area (Å²) in [6.45, 7) is 9.57. The van der Waals surface area contributed by atoms with Crippen molar-refractivity contribution in [3.05, 3.63) is 84.4 Å². The van der Waals surface area contributed by atoms with Gasteiger partial charge in [0.25, 0.3) is 0 Å². The van der Waals surface area contributed by atoms with Gasteiger partial charge in [0.2, 0.25) is 0 Å². The highest BCUT2D eigenvalue weighted by Crippen LogP contribution is 2.37. The molecule has 1 aliphatic heterocycles. The van der Waals surface area contributed by atoms with Crippen LogP contribution < -0.4 is 14.8 Å². The molecule has 1 saturated heterocycles. The summed E-state index contributed by atoms with van der Waals surface area (Å²) in [4.78, 5) is 26.5. The molecule has 11 heteroatoms. The summed E-state index contributed by atoms with van der Waals surface area (Å²) in [6.07, 6.45) is 1.31. The first-order chi connectivity index (χ1) is 21.7.